The molecule has 1 N–H and O–H groups in total. The Bertz CT molecular complexity index is 907. The quantitative estimate of drug-likeness (QED) is 0.727. The van der Waals surface area contributed by atoms with Crippen molar-refractivity contribution in [2.24, 2.45) is 0 Å². The number of thiazole rings is 2. The second kappa shape index (κ2) is 6.66. The molecule has 3 rings (SSSR count). The molecule has 1 aromatic carbocycles. The first-order valence-electron chi connectivity index (χ1n) is 6.46. The summed E-state index contributed by atoms with van der Waals surface area (Å²) in [6.07, 6.45) is 2.09. The third-order valence-corrected chi connectivity index (χ3v) is 6.85. The number of halogens is 1. The Labute approximate surface area is 146 Å². The molecule has 0 bridgehead atoms. The van der Waals surface area contributed by atoms with Gasteiger partial charge in [0.05, 0.1) is 9.77 Å². The van der Waals surface area contributed by atoms with Crippen LogP contribution in [0.2, 0.25) is 4.47 Å². The molecule has 2 heterocycles. The Morgan fingerprint density at radius 2 is 2.13 bits per heavy atom. The third kappa shape index (κ3) is 3.78. The maximum absolute atomic E-state index is 12.5. The summed E-state index contributed by atoms with van der Waals surface area (Å²) in [5, 5.41) is 12.6. The molecule has 0 spiro atoms. The van der Waals surface area contributed by atoms with Gasteiger partial charge in [0.2, 0.25) is 0 Å². The normalized spacial score (nSPS) is 13.1. The van der Waals surface area contributed by atoms with Gasteiger partial charge in [0.15, 0.2) is 14.3 Å². The predicted octanol–water partition coefficient (Wildman–Crippen LogP) is 3.31. The van der Waals surface area contributed by atoms with Crippen molar-refractivity contribution in [1.82, 2.24) is 9.97 Å². The van der Waals surface area contributed by atoms with Gasteiger partial charge < -0.3 is 5.11 Å². The van der Waals surface area contributed by atoms with Gasteiger partial charge in [-0.1, -0.05) is 23.7 Å². The van der Waals surface area contributed by atoms with E-state index in [2.05, 4.69) is 9.97 Å². The predicted molar refractivity (Wildman–Crippen MR) is 90.6 cm³/mol. The van der Waals surface area contributed by atoms with Gasteiger partial charge >= 0.3 is 0 Å². The second-order valence-electron chi connectivity index (χ2n) is 4.68. The Morgan fingerprint density at radius 3 is 2.78 bits per heavy atom. The van der Waals surface area contributed by atoms with Crippen molar-refractivity contribution in [3.63, 3.8) is 0 Å². The van der Waals surface area contributed by atoms with Crippen LogP contribution in [-0.2, 0) is 15.6 Å². The van der Waals surface area contributed by atoms with E-state index in [-0.39, 0.29) is 10.6 Å². The first kappa shape index (κ1) is 16.5. The average molecular weight is 387 g/mol. The highest BCUT2D eigenvalue weighted by Gasteiger charge is 2.20. The van der Waals surface area contributed by atoms with Crippen LogP contribution < -0.4 is 0 Å². The topological polar surface area (TPSA) is 80.2 Å². The minimum absolute atomic E-state index is 0.153. The van der Waals surface area contributed by atoms with Crippen molar-refractivity contribution in [1.29, 1.82) is 0 Å². The standard InChI is InChI=1S/C14H11ClN2O3S3/c15-14-17-7-11(22-14)13(18)9-2-1-3-10(6-9)23(19,20)8-12-16-4-5-21-12/h1-7,13,18H,8H2. The molecule has 3 aromatic rings. The van der Waals surface area contributed by atoms with Gasteiger partial charge in [-0.2, -0.15) is 0 Å². The minimum Gasteiger partial charge on any atom is -0.383 e. The van der Waals surface area contributed by atoms with E-state index in [0.717, 1.165) is 11.3 Å². The van der Waals surface area contributed by atoms with Crippen molar-refractivity contribution < 1.29 is 13.5 Å². The molecule has 0 fully saturated rings. The summed E-state index contributed by atoms with van der Waals surface area (Å²) in [4.78, 5) is 8.60. The molecule has 0 amide bonds. The van der Waals surface area contributed by atoms with Gasteiger partial charge in [0, 0.05) is 17.8 Å². The molecule has 0 radical (unpaired) electrons. The van der Waals surface area contributed by atoms with Gasteiger partial charge in [-0.15, -0.1) is 22.7 Å². The van der Waals surface area contributed by atoms with E-state index in [1.165, 1.54) is 29.7 Å². The summed E-state index contributed by atoms with van der Waals surface area (Å²) < 4.78 is 25.3. The van der Waals surface area contributed by atoms with Gasteiger partial charge in [-0.25, -0.2) is 18.4 Å². The smallest absolute Gasteiger partial charge is 0.184 e. The van der Waals surface area contributed by atoms with Crippen LogP contribution in [0.5, 0.6) is 0 Å². The van der Waals surface area contributed by atoms with Gasteiger partial charge in [0.25, 0.3) is 0 Å². The maximum Gasteiger partial charge on any atom is 0.184 e. The first-order chi connectivity index (χ1) is 11.0. The molecule has 23 heavy (non-hydrogen) atoms. The fraction of sp³-hybridized carbons (Fsp3) is 0.143. The number of nitrogens with zero attached hydrogens (tertiary/aromatic N) is 2. The van der Waals surface area contributed by atoms with Crippen LogP contribution in [0.3, 0.4) is 0 Å². The number of aliphatic hydroxyl groups excluding tert-OH is 1. The molecule has 1 atom stereocenters. The van der Waals surface area contributed by atoms with Crippen molar-refractivity contribution in [2.75, 3.05) is 0 Å². The summed E-state index contributed by atoms with van der Waals surface area (Å²) in [6, 6.07) is 6.26. The van der Waals surface area contributed by atoms with E-state index in [9.17, 15) is 13.5 Å². The number of hydrogen-bond donors (Lipinski definition) is 1. The second-order valence-corrected chi connectivity index (χ2v) is 9.29. The average Bonchev–Trinajstić information content (AvgIpc) is 3.18. The molecule has 0 aliphatic carbocycles. The fourth-order valence-corrected chi connectivity index (χ4v) is 5.28. The van der Waals surface area contributed by atoms with Crippen LogP contribution in [-0.4, -0.2) is 23.5 Å². The van der Waals surface area contributed by atoms with Crippen molar-refractivity contribution in [3.8, 4) is 0 Å². The van der Waals surface area contributed by atoms with Crippen LogP contribution >= 0.6 is 34.3 Å². The summed E-state index contributed by atoms with van der Waals surface area (Å²) in [7, 11) is -3.52. The molecule has 9 heteroatoms. The molecule has 1 unspecified atom stereocenters. The molecule has 120 valence electrons. The molecule has 0 aliphatic rings. The van der Waals surface area contributed by atoms with Crippen molar-refractivity contribution in [3.05, 3.63) is 62.0 Å². The zero-order valence-electron chi connectivity index (χ0n) is 11.6. The zero-order chi connectivity index (χ0) is 16.4. The largest absolute Gasteiger partial charge is 0.383 e. The molecule has 0 aliphatic heterocycles. The molecule has 2 aromatic heterocycles. The number of aliphatic hydroxyl groups is 1. The van der Waals surface area contributed by atoms with E-state index in [4.69, 9.17) is 11.6 Å². The highest BCUT2D eigenvalue weighted by atomic mass is 35.5. The van der Waals surface area contributed by atoms with Crippen molar-refractivity contribution >= 4 is 44.1 Å². The maximum atomic E-state index is 12.5. The fourth-order valence-electron chi connectivity index (χ4n) is 2.00. The van der Waals surface area contributed by atoms with Crippen LogP contribution in [0.1, 0.15) is 21.6 Å². The van der Waals surface area contributed by atoms with E-state index >= 15 is 0 Å². The Balaban J connectivity index is 1.90. The Hall–Kier alpha value is -1.32. The van der Waals surface area contributed by atoms with Crippen LogP contribution in [0.25, 0.3) is 0 Å². The number of rotatable bonds is 5. The summed E-state index contributed by atoms with van der Waals surface area (Å²) in [5.41, 5.74) is 0.477. The number of hydrogen-bond acceptors (Lipinski definition) is 7. The van der Waals surface area contributed by atoms with Gasteiger partial charge in [0.1, 0.15) is 16.9 Å². The summed E-state index contributed by atoms with van der Waals surface area (Å²) >= 11 is 8.22. The first-order valence-corrected chi connectivity index (χ1v) is 10.2. The lowest BCUT2D eigenvalue weighted by Crippen LogP contribution is -2.06. The van der Waals surface area contributed by atoms with Crippen LogP contribution in [0, 0.1) is 0 Å². The molecule has 0 saturated heterocycles. The zero-order valence-corrected chi connectivity index (χ0v) is 14.8. The third-order valence-electron chi connectivity index (χ3n) is 3.09. The Kier molecular flexibility index (Phi) is 4.79. The lowest BCUT2D eigenvalue weighted by Gasteiger charge is -2.10. The number of sulfone groups is 1. The number of benzene rings is 1. The molecule has 0 saturated carbocycles. The van der Waals surface area contributed by atoms with Gasteiger partial charge in [-0.05, 0) is 17.7 Å². The summed E-state index contributed by atoms with van der Waals surface area (Å²) in [6.45, 7) is 0. The highest BCUT2D eigenvalue weighted by molar-refractivity contribution is 7.90. The van der Waals surface area contributed by atoms with Gasteiger partial charge in [-0.3, -0.25) is 0 Å². The SMILES string of the molecule is O=S(=O)(Cc1nccs1)c1cccc(C(O)c2cnc(Cl)s2)c1. The van der Waals surface area contributed by atoms with E-state index in [0.29, 0.717) is 19.9 Å². The van der Waals surface area contributed by atoms with E-state index in [1.54, 1.807) is 23.7 Å². The van der Waals surface area contributed by atoms with E-state index in [1.807, 2.05) is 0 Å². The lowest BCUT2D eigenvalue weighted by atomic mass is 10.1. The van der Waals surface area contributed by atoms with Crippen LogP contribution in [0.15, 0.2) is 46.9 Å². The molecular formula is C14H11ClN2O3S3. The van der Waals surface area contributed by atoms with Crippen LogP contribution in [0.4, 0.5) is 0 Å². The monoisotopic (exact) mass is 386 g/mol. The Morgan fingerprint density at radius 1 is 1.30 bits per heavy atom. The molecule has 5 nitrogen and oxygen atoms in total. The highest BCUT2D eigenvalue weighted by Crippen LogP contribution is 2.30. The lowest BCUT2D eigenvalue weighted by molar-refractivity contribution is 0.223. The summed E-state index contributed by atoms with van der Waals surface area (Å²) in [5.74, 6) is -0.156. The van der Waals surface area contributed by atoms with Crippen molar-refractivity contribution in [2.45, 2.75) is 16.8 Å². The molecular weight excluding hydrogens is 376 g/mol. The minimum atomic E-state index is -3.52. The number of aromatic nitrogens is 2. The van der Waals surface area contributed by atoms with E-state index < -0.39 is 15.9 Å².